The molecular weight excluding hydrogens is 441 g/mol. The molecule has 1 aromatic heterocycles. The second-order valence-electron chi connectivity index (χ2n) is 8.14. The minimum absolute atomic E-state index is 0.0189. The molecule has 174 valence electrons. The van der Waals surface area contributed by atoms with Crippen molar-refractivity contribution in [3.05, 3.63) is 71.8 Å². The molecule has 7 nitrogen and oxygen atoms in total. The molecule has 1 saturated heterocycles. The van der Waals surface area contributed by atoms with E-state index < -0.39 is 5.25 Å². The zero-order valence-electron chi connectivity index (χ0n) is 19.0. The largest absolute Gasteiger partial charge is 0.378 e. The van der Waals surface area contributed by atoms with Gasteiger partial charge in [0.15, 0.2) is 11.0 Å². The van der Waals surface area contributed by atoms with Crippen LogP contribution in [0.5, 0.6) is 0 Å². The summed E-state index contributed by atoms with van der Waals surface area (Å²) in [5, 5.41) is 9.03. The lowest BCUT2D eigenvalue weighted by Crippen LogP contribution is -2.42. The van der Waals surface area contributed by atoms with Gasteiger partial charge in [-0.2, -0.15) is 0 Å². The van der Waals surface area contributed by atoms with Gasteiger partial charge in [0.2, 0.25) is 5.91 Å². The first-order valence-corrected chi connectivity index (χ1v) is 11.8. The highest BCUT2D eigenvalue weighted by Crippen LogP contribution is 2.38. The predicted molar refractivity (Wildman–Crippen MR) is 126 cm³/mol. The molecule has 4 rings (SSSR count). The van der Waals surface area contributed by atoms with E-state index in [-0.39, 0.29) is 17.8 Å². The standard InChI is InChI=1S/C24H28FN5O2S/c1-17(28(2)3)22-26-27-24(30(22)20-11-9-19(25)10-12-20)33-21(18-7-5-4-6-8-18)23(31)29-13-15-32-16-14-29/h4-12,17,21H,13-16H2,1-3H3. The van der Waals surface area contributed by atoms with Crippen LogP contribution in [0, 0.1) is 5.82 Å². The van der Waals surface area contributed by atoms with Crippen molar-refractivity contribution in [2.75, 3.05) is 40.4 Å². The fourth-order valence-corrected chi connectivity index (χ4v) is 4.78. The highest BCUT2D eigenvalue weighted by molar-refractivity contribution is 8.00. The average Bonchev–Trinajstić information content (AvgIpc) is 3.26. The number of carbonyl (C=O) groups excluding carboxylic acids is 1. The molecule has 0 saturated carbocycles. The molecule has 9 heteroatoms. The number of carbonyl (C=O) groups is 1. The number of ether oxygens (including phenoxy) is 1. The molecule has 0 spiro atoms. The van der Waals surface area contributed by atoms with Gasteiger partial charge in [-0.3, -0.25) is 14.3 Å². The fraction of sp³-hybridized carbons (Fsp3) is 0.375. The monoisotopic (exact) mass is 469 g/mol. The third-order valence-electron chi connectivity index (χ3n) is 5.76. The van der Waals surface area contributed by atoms with Crippen molar-refractivity contribution in [1.82, 2.24) is 24.6 Å². The molecule has 33 heavy (non-hydrogen) atoms. The van der Waals surface area contributed by atoms with Crippen molar-refractivity contribution < 1.29 is 13.9 Å². The highest BCUT2D eigenvalue weighted by atomic mass is 32.2. The van der Waals surface area contributed by atoms with E-state index in [0.717, 1.165) is 17.1 Å². The normalized spacial score (nSPS) is 16.1. The van der Waals surface area contributed by atoms with Crippen LogP contribution in [-0.2, 0) is 9.53 Å². The summed E-state index contributed by atoms with van der Waals surface area (Å²) in [5.41, 5.74) is 1.65. The lowest BCUT2D eigenvalue weighted by Gasteiger charge is -2.30. The van der Waals surface area contributed by atoms with E-state index in [1.165, 1.54) is 23.9 Å². The number of morpholine rings is 1. The molecule has 1 fully saturated rings. The molecule has 0 N–H and O–H groups in total. The SMILES string of the molecule is CC(c1nnc(SC(C(=O)N2CCOCC2)c2ccccc2)n1-c1ccc(F)cc1)N(C)C. The van der Waals surface area contributed by atoms with Gasteiger partial charge in [-0.25, -0.2) is 4.39 Å². The van der Waals surface area contributed by atoms with Gasteiger partial charge in [-0.1, -0.05) is 42.1 Å². The Morgan fingerprint density at radius 3 is 2.36 bits per heavy atom. The van der Waals surface area contributed by atoms with Crippen LogP contribution in [0.4, 0.5) is 4.39 Å². The number of thioether (sulfide) groups is 1. The molecule has 2 unspecified atom stereocenters. The minimum atomic E-state index is -0.491. The van der Waals surface area contributed by atoms with Gasteiger partial charge in [0.25, 0.3) is 0 Å². The van der Waals surface area contributed by atoms with Gasteiger partial charge in [-0.05, 0) is 50.8 Å². The van der Waals surface area contributed by atoms with Crippen LogP contribution in [0.2, 0.25) is 0 Å². The van der Waals surface area contributed by atoms with Gasteiger partial charge in [0, 0.05) is 18.8 Å². The Morgan fingerprint density at radius 1 is 1.06 bits per heavy atom. The van der Waals surface area contributed by atoms with Gasteiger partial charge in [0.05, 0.1) is 19.3 Å². The van der Waals surface area contributed by atoms with Gasteiger partial charge >= 0.3 is 0 Å². The van der Waals surface area contributed by atoms with E-state index >= 15 is 0 Å². The summed E-state index contributed by atoms with van der Waals surface area (Å²) in [7, 11) is 3.94. The summed E-state index contributed by atoms with van der Waals surface area (Å²) < 4.78 is 21.0. The summed E-state index contributed by atoms with van der Waals surface area (Å²) in [5.74, 6) is 0.429. The van der Waals surface area contributed by atoms with Crippen LogP contribution < -0.4 is 0 Å². The highest BCUT2D eigenvalue weighted by Gasteiger charge is 2.31. The first-order valence-electron chi connectivity index (χ1n) is 10.9. The minimum Gasteiger partial charge on any atom is -0.378 e. The maximum absolute atomic E-state index is 13.6. The smallest absolute Gasteiger partial charge is 0.240 e. The number of amides is 1. The third-order valence-corrected chi connectivity index (χ3v) is 6.95. The molecule has 3 aromatic rings. The maximum Gasteiger partial charge on any atom is 0.240 e. The van der Waals surface area contributed by atoms with Gasteiger partial charge in [0.1, 0.15) is 11.1 Å². The van der Waals surface area contributed by atoms with Crippen LogP contribution in [0.15, 0.2) is 59.8 Å². The Morgan fingerprint density at radius 2 is 1.73 bits per heavy atom. The van der Waals surface area contributed by atoms with E-state index in [9.17, 15) is 9.18 Å². The molecular formula is C24H28FN5O2S. The summed E-state index contributed by atoms with van der Waals surface area (Å²) >= 11 is 1.36. The summed E-state index contributed by atoms with van der Waals surface area (Å²) in [6.45, 7) is 4.24. The molecule has 0 bridgehead atoms. The van der Waals surface area contributed by atoms with Crippen molar-refractivity contribution in [2.45, 2.75) is 23.4 Å². The molecule has 1 aliphatic heterocycles. The zero-order chi connectivity index (χ0) is 23.4. The maximum atomic E-state index is 13.6. The first kappa shape index (κ1) is 23.4. The van der Waals surface area contributed by atoms with Crippen LogP contribution in [0.1, 0.15) is 29.6 Å². The van der Waals surface area contributed by atoms with E-state index in [2.05, 4.69) is 10.2 Å². The number of nitrogens with zero attached hydrogens (tertiary/aromatic N) is 5. The number of benzene rings is 2. The zero-order valence-corrected chi connectivity index (χ0v) is 19.8. The van der Waals surface area contributed by atoms with Crippen molar-refractivity contribution in [3.63, 3.8) is 0 Å². The predicted octanol–water partition coefficient (Wildman–Crippen LogP) is 3.72. The van der Waals surface area contributed by atoms with E-state index in [1.54, 1.807) is 12.1 Å². The quantitative estimate of drug-likeness (QED) is 0.492. The number of aromatic nitrogens is 3. The Labute approximate surface area is 197 Å². The summed E-state index contributed by atoms with van der Waals surface area (Å²) in [6, 6.07) is 15.9. The lowest BCUT2D eigenvalue weighted by atomic mass is 10.1. The Hall–Kier alpha value is -2.75. The van der Waals surface area contributed by atoms with Crippen LogP contribution in [0.3, 0.4) is 0 Å². The number of hydrogen-bond acceptors (Lipinski definition) is 6. The van der Waals surface area contributed by atoms with E-state index in [1.807, 2.05) is 65.7 Å². The fourth-order valence-electron chi connectivity index (χ4n) is 3.64. The molecule has 2 aromatic carbocycles. The molecule has 0 radical (unpaired) electrons. The van der Waals surface area contributed by atoms with E-state index in [0.29, 0.717) is 31.5 Å². The van der Waals surface area contributed by atoms with Crippen molar-refractivity contribution >= 4 is 17.7 Å². The Balaban J connectivity index is 1.75. The lowest BCUT2D eigenvalue weighted by molar-refractivity contribution is -0.134. The molecule has 2 heterocycles. The summed E-state index contributed by atoms with van der Waals surface area (Å²) in [6.07, 6.45) is 0. The van der Waals surface area contributed by atoms with Crippen molar-refractivity contribution in [3.8, 4) is 5.69 Å². The molecule has 1 aliphatic rings. The van der Waals surface area contributed by atoms with Crippen molar-refractivity contribution in [1.29, 1.82) is 0 Å². The van der Waals surface area contributed by atoms with Gasteiger partial charge < -0.3 is 9.64 Å². The summed E-state index contributed by atoms with van der Waals surface area (Å²) in [4.78, 5) is 17.5. The van der Waals surface area contributed by atoms with Crippen LogP contribution in [0.25, 0.3) is 5.69 Å². The van der Waals surface area contributed by atoms with Crippen LogP contribution >= 0.6 is 11.8 Å². The molecule has 1 amide bonds. The topological polar surface area (TPSA) is 63.5 Å². The second kappa shape index (κ2) is 10.5. The van der Waals surface area contributed by atoms with E-state index in [4.69, 9.17) is 4.74 Å². The Bertz CT molecular complexity index is 1070. The number of rotatable bonds is 7. The first-order chi connectivity index (χ1) is 16.0. The number of halogens is 1. The average molecular weight is 470 g/mol. The number of hydrogen-bond donors (Lipinski definition) is 0. The third kappa shape index (κ3) is 5.26. The second-order valence-corrected chi connectivity index (χ2v) is 9.21. The van der Waals surface area contributed by atoms with Crippen molar-refractivity contribution in [2.24, 2.45) is 0 Å². The molecule has 2 atom stereocenters. The van der Waals surface area contributed by atoms with Gasteiger partial charge in [-0.15, -0.1) is 10.2 Å². The Kier molecular flexibility index (Phi) is 7.42. The molecule has 0 aliphatic carbocycles. The van der Waals surface area contributed by atoms with Crippen LogP contribution in [-0.4, -0.2) is 70.9 Å².